The summed E-state index contributed by atoms with van der Waals surface area (Å²) < 4.78 is 5.65. The van der Waals surface area contributed by atoms with Gasteiger partial charge >= 0.3 is 0 Å². The van der Waals surface area contributed by atoms with Crippen LogP contribution in [0.25, 0.3) is 11.4 Å². The van der Waals surface area contributed by atoms with Crippen molar-refractivity contribution in [3.05, 3.63) is 76.0 Å². The van der Waals surface area contributed by atoms with E-state index in [0.29, 0.717) is 5.82 Å². The number of aromatic nitrogens is 3. The molecular weight excluding hydrogens is 364 g/mol. The summed E-state index contributed by atoms with van der Waals surface area (Å²) in [7, 11) is 1.72. The molecule has 0 aliphatic carbocycles. The summed E-state index contributed by atoms with van der Waals surface area (Å²) >= 11 is 0. The van der Waals surface area contributed by atoms with Gasteiger partial charge in [0.2, 0.25) is 0 Å². The lowest BCUT2D eigenvalue weighted by Gasteiger charge is -2.35. The first-order chi connectivity index (χ1) is 14.2. The van der Waals surface area contributed by atoms with Gasteiger partial charge in [-0.05, 0) is 44.0 Å². The number of nitrogens with one attached hydrogen (secondary N) is 1. The molecule has 3 heterocycles. The highest BCUT2D eigenvalue weighted by Gasteiger charge is 2.27. The fourth-order valence-corrected chi connectivity index (χ4v) is 4.16. The summed E-state index contributed by atoms with van der Waals surface area (Å²) in [6.45, 7) is 3.81. The molecule has 0 bridgehead atoms. The Balaban J connectivity index is 1.67. The number of rotatable bonds is 5. The number of likely N-dealkylation sites (tertiary alicyclic amines) is 1. The summed E-state index contributed by atoms with van der Waals surface area (Å²) in [4.78, 5) is 26.5. The van der Waals surface area contributed by atoms with E-state index < -0.39 is 0 Å². The highest BCUT2D eigenvalue weighted by Crippen LogP contribution is 2.33. The maximum atomic E-state index is 12.4. The Morgan fingerprint density at radius 3 is 2.83 bits per heavy atom. The fraction of sp³-hybridized carbons (Fsp3) is 0.348. The van der Waals surface area contributed by atoms with E-state index in [1.807, 2.05) is 12.1 Å². The van der Waals surface area contributed by atoms with E-state index in [2.05, 4.69) is 40.0 Å². The van der Waals surface area contributed by atoms with Gasteiger partial charge in [-0.2, -0.15) is 0 Å². The number of hydrogen-bond donors (Lipinski definition) is 1. The van der Waals surface area contributed by atoms with Crippen LogP contribution < -0.4 is 10.3 Å². The molecule has 1 aliphatic heterocycles. The SMILES string of the molecule is COc1c(C)cccc1CN1CCCC[C@@H]1c1cc(=O)[nH]c(-c2ccncc2)n1. The van der Waals surface area contributed by atoms with Gasteiger partial charge in [0.25, 0.3) is 5.56 Å². The lowest BCUT2D eigenvalue weighted by atomic mass is 9.97. The highest BCUT2D eigenvalue weighted by atomic mass is 16.5. The second-order valence-corrected chi connectivity index (χ2v) is 7.50. The Bertz CT molecular complexity index is 1030. The number of para-hydroxylation sites is 1. The molecule has 1 aliphatic rings. The van der Waals surface area contributed by atoms with Crippen molar-refractivity contribution >= 4 is 0 Å². The molecule has 1 N–H and O–H groups in total. The van der Waals surface area contributed by atoms with Gasteiger partial charge < -0.3 is 9.72 Å². The number of piperidine rings is 1. The lowest BCUT2D eigenvalue weighted by molar-refractivity contribution is 0.136. The molecule has 0 radical (unpaired) electrons. The second kappa shape index (κ2) is 8.57. The number of nitrogens with zero attached hydrogens (tertiary/aromatic N) is 3. The molecule has 2 aromatic heterocycles. The van der Waals surface area contributed by atoms with Gasteiger partial charge in [-0.3, -0.25) is 14.7 Å². The molecule has 0 unspecified atom stereocenters. The minimum Gasteiger partial charge on any atom is -0.496 e. The van der Waals surface area contributed by atoms with Crippen LogP contribution in [0.5, 0.6) is 5.75 Å². The first kappa shape index (κ1) is 19.3. The Morgan fingerprint density at radius 2 is 2.03 bits per heavy atom. The third kappa shape index (κ3) is 4.22. The van der Waals surface area contributed by atoms with Crippen molar-refractivity contribution in [1.82, 2.24) is 19.9 Å². The number of aromatic amines is 1. The number of methoxy groups -OCH3 is 1. The summed E-state index contributed by atoms with van der Waals surface area (Å²) in [5, 5.41) is 0. The van der Waals surface area contributed by atoms with Crippen molar-refractivity contribution in [2.24, 2.45) is 0 Å². The molecule has 1 aromatic carbocycles. The predicted molar refractivity (Wildman–Crippen MR) is 113 cm³/mol. The number of hydrogen-bond acceptors (Lipinski definition) is 5. The number of benzene rings is 1. The first-order valence-electron chi connectivity index (χ1n) is 10.0. The van der Waals surface area contributed by atoms with Crippen LogP contribution >= 0.6 is 0 Å². The van der Waals surface area contributed by atoms with Gasteiger partial charge in [-0.1, -0.05) is 24.6 Å². The summed E-state index contributed by atoms with van der Waals surface area (Å²) in [6.07, 6.45) is 6.68. The number of ether oxygens (including phenoxy) is 1. The molecule has 3 aromatic rings. The zero-order chi connectivity index (χ0) is 20.2. The van der Waals surface area contributed by atoms with Crippen LogP contribution in [-0.4, -0.2) is 33.5 Å². The van der Waals surface area contributed by atoms with Crippen molar-refractivity contribution < 1.29 is 4.74 Å². The van der Waals surface area contributed by atoms with E-state index in [4.69, 9.17) is 9.72 Å². The largest absolute Gasteiger partial charge is 0.496 e. The Hall–Kier alpha value is -2.99. The average Bonchev–Trinajstić information content (AvgIpc) is 2.74. The van der Waals surface area contributed by atoms with Gasteiger partial charge in [-0.25, -0.2) is 4.98 Å². The Kier molecular flexibility index (Phi) is 5.71. The van der Waals surface area contributed by atoms with Crippen LogP contribution in [0.3, 0.4) is 0 Å². The molecule has 150 valence electrons. The van der Waals surface area contributed by atoms with Crippen molar-refractivity contribution in [3.8, 4) is 17.1 Å². The molecule has 6 nitrogen and oxygen atoms in total. The molecule has 6 heteroatoms. The van der Waals surface area contributed by atoms with Crippen molar-refractivity contribution in [2.45, 2.75) is 38.8 Å². The van der Waals surface area contributed by atoms with Crippen LogP contribution in [0.15, 0.2) is 53.6 Å². The monoisotopic (exact) mass is 390 g/mol. The van der Waals surface area contributed by atoms with Gasteiger partial charge in [0.05, 0.1) is 18.8 Å². The Labute approximate surface area is 170 Å². The molecule has 29 heavy (non-hydrogen) atoms. The first-order valence-corrected chi connectivity index (χ1v) is 10.0. The number of H-pyrrole nitrogens is 1. The normalized spacial score (nSPS) is 17.2. The maximum Gasteiger partial charge on any atom is 0.251 e. The molecule has 4 rings (SSSR count). The predicted octanol–water partition coefficient (Wildman–Crippen LogP) is 3.88. The van der Waals surface area contributed by atoms with E-state index in [-0.39, 0.29) is 11.6 Å². The summed E-state index contributed by atoms with van der Waals surface area (Å²) in [6, 6.07) is 11.7. The maximum absolute atomic E-state index is 12.4. The highest BCUT2D eigenvalue weighted by molar-refractivity contribution is 5.53. The smallest absolute Gasteiger partial charge is 0.251 e. The van der Waals surface area contributed by atoms with Crippen molar-refractivity contribution in [1.29, 1.82) is 0 Å². The molecule has 0 saturated carbocycles. The number of pyridine rings is 1. The molecule has 0 amide bonds. The zero-order valence-electron chi connectivity index (χ0n) is 16.9. The summed E-state index contributed by atoms with van der Waals surface area (Å²) in [5.74, 6) is 1.53. The van der Waals surface area contributed by atoms with Crippen molar-refractivity contribution in [2.75, 3.05) is 13.7 Å². The van der Waals surface area contributed by atoms with E-state index in [1.54, 1.807) is 25.6 Å². The third-order valence-electron chi connectivity index (χ3n) is 5.54. The Morgan fingerprint density at radius 1 is 1.21 bits per heavy atom. The van der Waals surface area contributed by atoms with E-state index in [9.17, 15) is 4.79 Å². The van der Waals surface area contributed by atoms with Gasteiger partial charge in [0, 0.05) is 36.1 Å². The molecule has 1 saturated heterocycles. The van der Waals surface area contributed by atoms with E-state index in [1.165, 1.54) is 5.56 Å². The van der Waals surface area contributed by atoms with Crippen LogP contribution in [0, 0.1) is 6.92 Å². The van der Waals surface area contributed by atoms with Gasteiger partial charge in [-0.15, -0.1) is 0 Å². The minimum atomic E-state index is -0.125. The molecular formula is C23H26N4O2. The summed E-state index contributed by atoms with van der Waals surface area (Å²) in [5.41, 5.74) is 3.86. The third-order valence-corrected chi connectivity index (χ3v) is 5.54. The van der Waals surface area contributed by atoms with Gasteiger partial charge in [0.1, 0.15) is 11.6 Å². The van der Waals surface area contributed by atoms with Crippen molar-refractivity contribution in [3.63, 3.8) is 0 Å². The fourth-order valence-electron chi connectivity index (χ4n) is 4.16. The van der Waals surface area contributed by atoms with Crippen LogP contribution in [0.2, 0.25) is 0 Å². The van der Waals surface area contributed by atoms with Crippen LogP contribution in [0.1, 0.15) is 42.1 Å². The average molecular weight is 390 g/mol. The van der Waals surface area contributed by atoms with Gasteiger partial charge in [0.15, 0.2) is 0 Å². The van der Waals surface area contributed by atoms with E-state index in [0.717, 1.165) is 54.9 Å². The second-order valence-electron chi connectivity index (χ2n) is 7.50. The topological polar surface area (TPSA) is 71.1 Å². The standard InChI is InChI=1S/C23H26N4O2/c1-16-6-5-7-18(22(16)29-2)15-27-13-4-3-8-20(27)19-14-21(28)26-23(25-19)17-9-11-24-12-10-17/h5-7,9-12,14,20H,3-4,8,13,15H2,1-2H3,(H,25,26,28)/t20-/m1/s1. The molecule has 0 spiro atoms. The van der Waals surface area contributed by atoms with E-state index >= 15 is 0 Å². The minimum absolute atomic E-state index is 0.108. The quantitative estimate of drug-likeness (QED) is 0.716. The molecule has 1 fully saturated rings. The molecule has 1 atom stereocenters. The lowest BCUT2D eigenvalue weighted by Crippen LogP contribution is -2.34. The zero-order valence-corrected chi connectivity index (χ0v) is 16.9. The number of aryl methyl sites for hydroxylation is 1. The van der Waals surface area contributed by atoms with Crippen LogP contribution in [0.4, 0.5) is 0 Å². The van der Waals surface area contributed by atoms with Crippen LogP contribution in [-0.2, 0) is 6.54 Å².